The van der Waals surface area contributed by atoms with E-state index in [0.717, 1.165) is 5.56 Å². The molecule has 1 heterocycles. The molecule has 0 unspecified atom stereocenters. The van der Waals surface area contributed by atoms with E-state index in [0.29, 0.717) is 17.2 Å². The van der Waals surface area contributed by atoms with Crippen molar-refractivity contribution in [3.8, 4) is 28.5 Å². The SMILES string of the molecule is Fc1ccccc1.O=S(=O)(O)Oc1ccc(-c2ncnc(-c3ccccc3)n2)cc1. The van der Waals surface area contributed by atoms with Gasteiger partial charge in [-0.15, -0.1) is 0 Å². The molecule has 0 saturated heterocycles. The van der Waals surface area contributed by atoms with Gasteiger partial charge in [-0.3, -0.25) is 4.55 Å². The van der Waals surface area contributed by atoms with Gasteiger partial charge < -0.3 is 4.18 Å². The smallest absolute Gasteiger partial charge is 0.362 e. The van der Waals surface area contributed by atoms with Gasteiger partial charge in [0.2, 0.25) is 0 Å². The van der Waals surface area contributed by atoms with Crippen molar-refractivity contribution in [1.29, 1.82) is 0 Å². The van der Waals surface area contributed by atoms with Crippen LogP contribution in [0.5, 0.6) is 5.75 Å². The van der Waals surface area contributed by atoms with Gasteiger partial charge >= 0.3 is 10.4 Å². The zero-order valence-electron chi connectivity index (χ0n) is 15.5. The third-order valence-corrected chi connectivity index (χ3v) is 4.05. The average molecular weight is 425 g/mol. The molecule has 4 rings (SSSR count). The van der Waals surface area contributed by atoms with E-state index < -0.39 is 10.4 Å². The van der Waals surface area contributed by atoms with Crippen molar-refractivity contribution in [3.63, 3.8) is 0 Å². The monoisotopic (exact) mass is 425 g/mol. The van der Waals surface area contributed by atoms with E-state index in [9.17, 15) is 12.8 Å². The molecule has 0 radical (unpaired) electrons. The summed E-state index contributed by atoms with van der Waals surface area (Å²) in [6.45, 7) is 0. The predicted molar refractivity (Wildman–Crippen MR) is 109 cm³/mol. The molecule has 0 amide bonds. The van der Waals surface area contributed by atoms with Crippen LogP contribution in [-0.4, -0.2) is 27.9 Å². The lowest BCUT2D eigenvalue weighted by atomic mass is 10.2. The van der Waals surface area contributed by atoms with Crippen molar-refractivity contribution in [2.45, 2.75) is 0 Å². The lowest BCUT2D eigenvalue weighted by molar-refractivity contribution is 0.387. The average Bonchev–Trinajstić information content (AvgIpc) is 2.75. The molecule has 0 aliphatic heterocycles. The quantitative estimate of drug-likeness (QED) is 0.489. The fourth-order valence-electron chi connectivity index (χ4n) is 2.36. The standard InChI is InChI=1S/C15H11N3O4S.C6H5F/c19-23(20,21)22-13-8-6-12(7-9-13)15-17-10-16-14(18-15)11-4-2-1-3-5-11;7-6-4-2-1-3-5-6/h1-10H,(H,19,20,21);1-5H. The van der Waals surface area contributed by atoms with E-state index in [1.807, 2.05) is 30.3 Å². The van der Waals surface area contributed by atoms with Gasteiger partial charge in [-0.25, -0.2) is 19.3 Å². The molecular formula is C21H16FN3O4S. The summed E-state index contributed by atoms with van der Waals surface area (Å²) >= 11 is 0. The highest BCUT2D eigenvalue weighted by Crippen LogP contribution is 2.22. The molecule has 1 aromatic heterocycles. The lowest BCUT2D eigenvalue weighted by Gasteiger charge is -2.05. The van der Waals surface area contributed by atoms with Crippen LogP contribution >= 0.6 is 0 Å². The van der Waals surface area contributed by atoms with Gasteiger partial charge in [0.05, 0.1) is 0 Å². The molecule has 1 N–H and O–H groups in total. The summed E-state index contributed by atoms with van der Waals surface area (Å²) in [6.07, 6.45) is 1.41. The first-order valence-electron chi connectivity index (χ1n) is 8.63. The molecular weight excluding hydrogens is 409 g/mol. The number of hydrogen-bond donors (Lipinski definition) is 1. The molecule has 7 nitrogen and oxygen atoms in total. The normalized spacial score (nSPS) is 10.6. The van der Waals surface area contributed by atoms with Gasteiger partial charge in [0, 0.05) is 11.1 Å². The summed E-state index contributed by atoms with van der Waals surface area (Å²) < 4.78 is 46.2. The van der Waals surface area contributed by atoms with E-state index in [4.69, 9.17) is 4.55 Å². The Morgan fingerprint density at radius 2 is 1.23 bits per heavy atom. The van der Waals surface area contributed by atoms with Gasteiger partial charge in [-0.1, -0.05) is 48.5 Å². The number of aromatic nitrogens is 3. The summed E-state index contributed by atoms with van der Waals surface area (Å²) in [5.41, 5.74) is 1.52. The zero-order valence-corrected chi connectivity index (χ0v) is 16.3. The van der Waals surface area contributed by atoms with Crippen LogP contribution < -0.4 is 4.18 Å². The van der Waals surface area contributed by atoms with Crippen molar-refractivity contribution in [2.75, 3.05) is 0 Å². The van der Waals surface area contributed by atoms with Crippen molar-refractivity contribution >= 4 is 10.4 Å². The Hall–Kier alpha value is -3.69. The molecule has 0 aliphatic rings. The summed E-state index contributed by atoms with van der Waals surface area (Å²) in [7, 11) is -4.54. The maximum absolute atomic E-state index is 11.9. The first-order chi connectivity index (χ1) is 14.4. The van der Waals surface area contributed by atoms with Crippen molar-refractivity contribution in [1.82, 2.24) is 15.0 Å². The third kappa shape index (κ3) is 6.43. The second-order valence-corrected chi connectivity index (χ2v) is 6.85. The Bertz CT molecular complexity index is 1190. The van der Waals surface area contributed by atoms with E-state index in [1.54, 1.807) is 30.3 Å². The summed E-state index contributed by atoms with van der Waals surface area (Å²) in [4.78, 5) is 12.6. The van der Waals surface area contributed by atoms with E-state index in [2.05, 4.69) is 19.1 Å². The molecule has 0 fully saturated rings. The zero-order chi connectivity index (χ0) is 21.4. The Balaban J connectivity index is 0.000000310. The van der Waals surface area contributed by atoms with E-state index in [-0.39, 0.29) is 11.6 Å². The number of nitrogens with zero attached hydrogens (tertiary/aromatic N) is 3. The summed E-state index contributed by atoms with van der Waals surface area (Å²) in [5.74, 6) is 0.794. The molecule has 0 bridgehead atoms. The van der Waals surface area contributed by atoms with Crippen LogP contribution in [0.1, 0.15) is 0 Å². The molecule has 0 saturated carbocycles. The molecule has 3 aromatic carbocycles. The maximum atomic E-state index is 11.9. The third-order valence-electron chi connectivity index (χ3n) is 3.65. The first kappa shape index (κ1) is 21.0. The fourth-order valence-corrected chi connectivity index (χ4v) is 2.71. The molecule has 30 heavy (non-hydrogen) atoms. The topological polar surface area (TPSA) is 102 Å². The van der Waals surface area contributed by atoms with Crippen LogP contribution in [0.2, 0.25) is 0 Å². The lowest BCUT2D eigenvalue weighted by Crippen LogP contribution is -2.06. The highest BCUT2D eigenvalue weighted by molar-refractivity contribution is 7.81. The highest BCUT2D eigenvalue weighted by atomic mass is 32.3. The van der Waals surface area contributed by atoms with Gasteiger partial charge in [-0.2, -0.15) is 8.42 Å². The number of hydrogen-bond acceptors (Lipinski definition) is 6. The second kappa shape index (κ2) is 9.68. The van der Waals surface area contributed by atoms with Crippen LogP contribution in [0, 0.1) is 5.82 Å². The van der Waals surface area contributed by atoms with Crippen molar-refractivity contribution in [2.24, 2.45) is 0 Å². The van der Waals surface area contributed by atoms with Crippen LogP contribution in [0.3, 0.4) is 0 Å². The highest BCUT2D eigenvalue weighted by Gasteiger charge is 2.09. The molecule has 152 valence electrons. The molecule has 9 heteroatoms. The minimum Gasteiger partial charge on any atom is -0.362 e. The van der Waals surface area contributed by atoms with Gasteiger partial charge in [-0.05, 0) is 36.4 Å². The second-order valence-electron chi connectivity index (χ2n) is 5.83. The maximum Gasteiger partial charge on any atom is 0.446 e. The van der Waals surface area contributed by atoms with E-state index in [1.165, 1.54) is 30.6 Å². The van der Waals surface area contributed by atoms with Crippen molar-refractivity contribution in [3.05, 3.63) is 97.1 Å². The number of rotatable bonds is 4. The van der Waals surface area contributed by atoms with Gasteiger partial charge in [0.1, 0.15) is 17.9 Å². The molecule has 4 aromatic rings. The van der Waals surface area contributed by atoms with Gasteiger partial charge in [0.25, 0.3) is 0 Å². The Morgan fingerprint density at radius 3 is 1.70 bits per heavy atom. The van der Waals surface area contributed by atoms with Crippen LogP contribution in [0.4, 0.5) is 4.39 Å². The van der Waals surface area contributed by atoms with Crippen LogP contribution in [0.25, 0.3) is 22.8 Å². The van der Waals surface area contributed by atoms with Crippen molar-refractivity contribution < 1.29 is 21.5 Å². The number of benzene rings is 3. The Labute approximate surface area is 172 Å². The largest absolute Gasteiger partial charge is 0.446 e. The number of halogens is 1. The summed E-state index contributed by atoms with van der Waals surface area (Å²) in [6, 6.07) is 23.4. The van der Waals surface area contributed by atoms with Crippen LogP contribution in [0.15, 0.2) is 91.3 Å². The van der Waals surface area contributed by atoms with E-state index >= 15 is 0 Å². The minimum absolute atomic E-state index is 0.00594. The Morgan fingerprint density at radius 1 is 0.733 bits per heavy atom. The summed E-state index contributed by atoms with van der Waals surface area (Å²) in [5, 5.41) is 0. The van der Waals surface area contributed by atoms with Gasteiger partial charge in [0.15, 0.2) is 11.6 Å². The first-order valence-corrected chi connectivity index (χ1v) is 9.99. The predicted octanol–water partition coefficient (Wildman–Crippen LogP) is 4.21. The Kier molecular flexibility index (Phi) is 6.79. The fraction of sp³-hybridized carbons (Fsp3) is 0. The van der Waals surface area contributed by atoms with Crippen LogP contribution in [-0.2, 0) is 10.4 Å². The molecule has 0 spiro atoms. The molecule has 0 atom stereocenters. The minimum atomic E-state index is -4.54. The molecule has 0 aliphatic carbocycles.